The Balaban J connectivity index is 1.41. The number of guanidine groups is 1. The third-order valence-corrected chi connectivity index (χ3v) is 6.62. The lowest BCUT2D eigenvalue weighted by molar-refractivity contribution is -0.133. The first-order valence-electron chi connectivity index (χ1n) is 12.3. The smallest absolute Gasteiger partial charge is 0.244 e. The van der Waals surface area contributed by atoms with Gasteiger partial charge in [0.2, 0.25) is 5.91 Å². The van der Waals surface area contributed by atoms with Gasteiger partial charge < -0.3 is 24.6 Å². The molecule has 1 amide bonds. The summed E-state index contributed by atoms with van der Waals surface area (Å²) in [4.78, 5) is 21.9. The predicted molar refractivity (Wildman–Crippen MR) is 136 cm³/mol. The van der Waals surface area contributed by atoms with Crippen LogP contribution in [-0.2, 0) is 27.2 Å². The van der Waals surface area contributed by atoms with E-state index in [1.54, 1.807) is 38.0 Å². The van der Waals surface area contributed by atoms with Crippen LogP contribution in [0.15, 0.2) is 41.2 Å². The summed E-state index contributed by atoms with van der Waals surface area (Å²) in [5, 5.41) is 7.92. The first-order chi connectivity index (χ1) is 17.4. The number of carbonyl (C=O) groups is 1. The Kier molecular flexibility index (Phi) is 8.25. The van der Waals surface area contributed by atoms with Crippen LogP contribution in [0, 0.1) is 12.7 Å². The van der Waals surface area contributed by atoms with Crippen LogP contribution >= 0.6 is 0 Å². The molecule has 3 heterocycles. The second-order valence-electron chi connectivity index (χ2n) is 9.13. The van der Waals surface area contributed by atoms with E-state index in [1.807, 2.05) is 24.1 Å². The van der Waals surface area contributed by atoms with Gasteiger partial charge in [-0.2, -0.15) is 5.10 Å². The summed E-state index contributed by atoms with van der Waals surface area (Å²) in [6.07, 6.45) is 3.40. The SMILES string of the molecule is COCCCc1cc(-c2ccc(F)c(C)c2)nn1CC(=O)N1CCN(C2=NC(C)C(OC)=CN2)CC1. The van der Waals surface area contributed by atoms with E-state index in [1.165, 1.54) is 6.07 Å². The van der Waals surface area contributed by atoms with Crippen molar-refractivity contribution < 1.29 is 18.7 Å². The molecule has 1 atom stereocenters. The summed E-state index contributed by atoms with van der Waals surface area (Å²) in [5.74, 6) is 1.39. The number of piperazine rings is 1. The second-order valence-corrected chi connectivity index (χ2v) is 9.13. The van der Waals surface area contributed by atoms with Crippen LogP contribution < -0.4 is 5.32 Å². The van der Waals surface area contributed by atoms with Gasteiger partial charge in [0.05, 0.1) is 12.8 Å². The van der Waals surface area contributed by atoms with Crippen LogP contribution in [0.1, 0.15) is 24.6 Å². The van der Waals surface area contributed by atoms with Crippen molar-refractivity contribution in [2.24, 2.45) is 4.99 Å². The van der Waals surface area contributed by atoms with Gasteiger partial charge in [0, 0.05) is 57.4 Å². The highest BCUT2D eigenvalue weighted by Crippen LogP contribution is 2.23. The Morgan fingerprint density at radius 1 is 1.19 bits per heavy atom. The zero-order valence-corrected chi connectivity index (χ0v) is 21.5. The Labute approximate surface area is 211 Å². The van der Waals surface area contributed by atoms with E-state index >= 15 is 0 Å². The quantitative estimate of drug-likeness (QED) is 0.564. The molecule has 0 aliphatic carbocycles. The standard InChI is InChI=1S/C26H35FN6O3/c1-18-14-20(7-8-22(18)27)23-15-21(6-5-13-35-3)33(30-23)17-25(34)31-9-11-32(12-10-31)26-28-16-24(36-4)19(2)29-26/h7-8,14-16,19H,5-6,9-13,17H2,1-4H3,(H,28,29). The molecule has 9 nitrogen and oxygen atoms in total. The van der Waals surface area contributed by atoms with E-state index in [0.717, 1.165) is 41.5 Å². The molecule has 36 heavy (non-hydrogen) atoms. The number of aryl methyl sites for hydroxylation is 2. The van der Waals surface area contributed by atoms with Gasteiger partial charge in [0.1, 0.15) is 24.2 Å². The molecule has 1 saturated heterocycles. The lowest BCUT2D eigenvalue weighted by atomic mass is 10.1. The number of nitrogens with one attached hydrogen (secondary N) is 1. The lowest BCUT2D eigenvalue weighted by Gasteiger charge is -2.37. The molecule has 2 aliphatic heterocycles. The number of benzene rings is 1. The maximum Gasteiger partial charge on any atom is 0.244 e. The van der Waals surface area contributed by atoms with Gasteiger partial charge in [-0.15, -0.1) is 0 Å². The van der Waals surface area contributed by atoms with E-state index in [2.05, 4.69) is 15.2 Å². The van der Waals surface area contributed by atoms with Crippen LogP contribution in [0.25, 0.3) is 11.3 Å². The van der Waals surface area contributed by atoms with Crippen molar-refractivity contribution in [1.29, 1.82) is 0 Å². The summed E-state index contributed by atoms with van der Waals surface area (Å²) >= 11 is 0. The van der Waals surface area contributed by atoms with Gasteiger partial charge in [0.25, 0.3) is 0 Å². The third kappa shape index (κ3) is 5.87. The summed E-state index contributed by atoms with van der Waals surface area (Å²) < 4.78 is 26.1. The monoisotopic (exact) mass is 498 g/mol. The average Bonchev–Trinajstić information content (AvgIpc) is 3.28. The summed E-state index contributed by atoms with van der Waals surface area (Å²) in [6, 6.07) is 6.92. The Bertz CT molecular complexity index is 1140. The van der Waals surface area contributed by atoms with Crippen LogP contribution in [0.3, 0.4) is 0 Å². The zero-order valence-electron chi connectivity index (χ0n) is 21.5. The van der Waals surface area contributed by atoms with E-state index in [-0.39, 0.29) is 24.3 Å². The fourth-order valence-electron chi connectivity index (χ4n) is 4.48. The molecular weight excluding hydrogens is 463 g/mol. The van der Waals surface area contributed by atoms with Gasteiger partial charge in [0.15, 0.2) is 5.96 Å². The minimum absolute atomic E-state index is 0.0288. The first kappa shape index (κ1) is 25.7. The predicted octanol–water partition coefficient (Wildman–Crippen LogP) is 2.56. The number of carbonyl (C=O) groups excluding carboxylic acids is 1. The Morgan fingerprint density at radius 3 is 2.64 bits per heavy atom. The van der Waals surface area contributed by atoms with Crippen molar-refractivity contribution in [2.45, 2.75) is 39.3 Å². The number of hydrogen-bond donors (Lipinski definition) is 1. The molecule has 2 aliphatic rings. The molecule has 0 saturated carbocycles. The van der Waals surface area contributed by atoms with Gasteiger partial charge in [-0.05, 0) is 56.5 Å². The van der Waals surface area contributed by atoms with Crippen LogP contribution in [0.5, 0.6) is 0 Å². The number of rotatable bonds is 8. The van der Waals surface area contributed by atoms with Crippen LogP contribution in [-0.4, -0.2) is 84.5 Å². The van der Waals surface area contributed by atoms with Gasteiger partial charge in [-0.25, -0.2) is 9.38 Å². The molecule has 1 N–H and O–H groups in total. The summed E-state index contributed by atoms with van der Waals surface area (Å²) in [7, 11) is 3.32. The number of halogens is 1. The molecule has 1 aromatic carbocycles. The second kappa shape index (κ2) is 11.6. The van der Waals surface area contributed by atoms with Gasteiger partial charge in [-0.3, -0.25) is 9.48 Å². The average molecular weight is 499 g/mol. The van der Waals surface area contributed by atoms with E-state index in [0.29, 0.717) is 38.3 Å². The molecule has 1 fully saturated rings. The topological polar surface area (TPSA) is 84.2 Å². The molecule has 4 rings (SSSR count). The third-order valence-electron chi connectivity index (χ3n) is 6.62. The fraction of sp³-hybridized carbons (Fsp3) is 0.500. The Hall–Kier alpha value is -3.40. The number of hydrogen-bond acceptors (Lipinski definition) is 7. The van der Waals surface area contributed by atoms with E-state index in [4.69, 9.17) is 14.6 Å². The van der Waals surface area contributed by atoms with E-state index < -0.39 is 0 Å². The molecule has 0 radical (unpaired) electrons. The molecule has 2 aromatic rings. The highest BCUT2D eigenvalue weighted by molar-refractivity contribution is 5.83. The molecule has 1 unspecified atom stereocenters. The van der Waals surface area contributed by atoms with Gasteiger partial charge >= 0.3 is 0 Å². The highest BCUT2D eigenvalue weighted by Gasteiger charge is 2.26. The minimum atomic E-state index is -0.244. The maximum absolute atomic E-state index is 13.8. The van der Waals surface area contributed by atoms with Gasteiger partial charge in [-0.1, -0.05) is 0 Å². The summed E-state index contributed by atoms with van der Waals surface area (Å²) in [5.41, 5.74) is 3.10. The number of amides is 1. The molecule has 0 bridgehead atoms. The van der Waals surface area contributed by atoms with Crippen molar-refractivity contribution >= 4 is 11.9 Å². The van der Waals surface area contributed by atoms with Crippen molar-refractivity contribution in [3.63, 3.8) is 0 Å². The Morgan fingerprint density at radius 2 is 1.97 bits per heavy atom. The minimum Gasteiger partial charge on any atom is -0.497 e. The first-order valence-corrected chi connectivity index (χ1v) is 12.3. The molecule has 10 heteroatoms. The largest absolute Gasteiger partial charge is 0.497 e. The number of ether oxygens (including phenoxy) is 2. The highest BCUT2D eigenvalue weighted by atomic mass is 19.1. The molecule has 1 aromatic heterocycles. The normalized spacial score (nSPS) is 18.0. The summed E-state index contributed by atoms with van der Waals surface area (Å²) in [6.45, 7) is 7.13. The fourth-order valence-corrected chi connectivity index (χ4v) is 4.48. The van der Waals surface area contributed by atoms with Crippen LogP contribution in [0.2, 0.25) is 0 Å². The van der Waals surface area contributed by atoms with Crippen molar-refractivity contribution in [3.8, 4) is 11.3 Å². The van der Waals surface area contributed by atoms with Crippen molar-refractivity contribution in [2.75, 3.05) is 47.0 Å². The van der Waals surface area contributed by atoms with Crippen molar-refractivity contribution in [3.05, 3.63) is 53.3 Å². The molecular formula is C26H35FN6O3. The number of aliphatic imine (C=N–C) groups is 1. The van der Waals surface area contributed by atoms with Crippen molar-refractivity contribution in [1.82, 2.24) is 24.9 Å². The number of methoxy groups -OCH3 is 2. The number of nitrogens with zero attached hydrogens (tertiary/aromatic N) is 5. The van der Waals surface area contributed by atoms with E-state index in [9.17, 15) is 9.18 Å². The molecule has 0 spiro atoms. The lowest BCUT2D eigenvalue weighted by Crippen LogP contribution is -2.54. The van der Waals surface area contributed by atoms with Crippen LogP contribution in [0.4, 0.5) is 4.39 Å². The zero-order chi connectivity index (χ0) is 25.7. The number of aromatic nitrogens is 2. The molecule has 194 valence electrons. The maximum atomic E-state index is 13.8.